The van der Waals surface area contributed by atoms with Gasteiger partial charge < -0.3 is 14.7 Å². The Morgan fingerprint density at radius 2 is 1.57 bits per heavy atom. The van der Waals surface area contributed by atoms with Gasteiger partial charge in [-0.1, -0.05) is 59.3 Å². The van der Waals surface area contributed by atoms with Crippen molar-refractivity contribution in [3.05, 3.63) is 94.0 Å². The first-order valence-electron chi connectivity index (χ1n) is 10.1. The van der Waals surface area contributed by atoms with E-state index >= 15 is 0 Å². The van der Waals surface area contributed by atoms with Gasteiger partial charge in [0.25, 0.3) is 0 Å². The first-order chi connectivity index (χ1) is 14.5. The molecule has 4 heteroatoms. The summed E-state index contributed by atoms with van der Waals surface area (Å²) in [5.41, 5.74) is 5.62. The zero-order valence-electron chi connectivity index (χ0n) is 17.7. The van der Waals surface area contributed by atoms with Gasteiger partial charge in [0.15, 0.2) is 0 Å². The molecule has 0 radical (unpaired) electrons. The van der Waals surface area contributed by atoms with E-state index in [9.17, 15) is 5.11 Å². The van der Waals surface area contributed by atoms with E-state index in [1.807, 2.05) is 44.4 Å². The Hall–Kier alpha value is -2.56. The fourth-order valence-electron chi connectivity index (χ4n) is 3.42. The molecule has 1 N–H and O–H groups in total. The van der Waals surface area contributed by atoms with E-state index in [0.717, 1.165) is 39.9 Å². The smallest absolute Gasteiger partial charge is 0.119 e. The predicted molar refractivity (Wildman–Crippen MR) is 129 cm³/mol. The van der Waals surface area contributed by atoms with Crippen molar-refractivity contribution in [1.82, 2.24) is 4.90 Å². The zero-order chi connectivity index (χ0) is 21.5. The summed E-state index contributed by atoms with van der Waals surface area (Å²) in [7, 11) is 4.07. The van der Waals surface area contributed by atoms with Crippen LogP contribution in [0, 0.1) is 0 Å². The minimum Gasteiger partial charge on any atom is -0.508 e. The van der Waals surface area contributed by atoms with Gasteiger partial charge in [-0.25, -0.2) is 0 Å². The molecular weight excluding hydrogens is 438 g/mol. The fourth-order valence-corrected chi connectivity index (χ4v) is 3.68. The summed E-state index contributed by atoms with van der Waals surface area (Å²) in [5, 5.41) is 10.1. The SMILES string of the molecule is CC/C(=C(/c1ccc(OCCN(C)C)cc1)c1cccc(O)c1)c1ccc(Br)cc1. The number of nitrogens with zero attached hydrogens (tertiary/aromatic N) is 1. The lowest BCUT2D eigenvalue weighted by Gasteiger charge is -2.17. The van der Waals surface area contributed by atoms with E-state index in [1.165, 1.54) is 11.1 Å². The number of likely N-dealkylation sites (N-methyl/N-ethyl adjacent to an activating group) is 1. The van der Waals surface area contributed by atoms with Crippen LogP contribution in [0.25, 0.3) is 11.1 Å². The lowest BCUT2D eigenvalue weighted by atomic mass is 9.88. The number of ether oxygens (including phenoxy) is 1. The summed E-state index contributed by atoms with van der Waals surface area (Å²) in [4.78, 5) is 2.10. The highest BCUT2D eigenvalue weighted by Crippen LogP contribution is 2.36. The summed E-state index contributed by atoms with van der Waals surface area (Å²) in [6.07, 6.45) is 0.869. The molecule has 3 aromatic rings. The van der Waals surface area contributed by atoms with E-state index in [1.54, 1.807) is 6.07 Å². The Labute approximate surface area is 187 Å². The number of hydrogen-bond acceptors (Lipinski definition) is 3. The highest BCUT2D eigenvalue weighted by atomic mass is 79.9. The second-order valence-electron chi connectivity index (χ2n) is 7.44. The topological polar surface area (TPSA) is 32.7 Å². The molecule has 0 atom stereocenters. The summed E-state index contributed by atoms with van der Waals surface area (Å²) >= 11 is 3.52. The van der Waals surface area contributed by atoms with Gasteiger partial charge in [0, 0.05) is 11.0 Å². The van der Waals surface area contributed by atoms with Crippen LogP contribution in [-0.2, 0) is 0 Å². The van der Waals surface area contributed by atoms with Crippen LogP contribution in [-0.4, -0.2) is 37.3 Å². The maximum atomic E-state index is 10.1. The second-order valence-corrected chi connectivity index (χ2v) is 8.36. The maximum Gasteiger partial charge on any atom is 0.119 e. The lowest BCUT2D eigenvalue weighted by Crippen LogP contribution is -2.19. The molecule has 0 fully saturated rings. The molecule has 3 nitrogen and oxygen atoms in total. The average Bonchev–Trinajstić information content (AvgIpc) is 2.73. The minimum atomic E-state index is 0.264. The third kappa shape index (κ3) is 5.74. The monoisotopic (exact) mass is 465 g/mol. The number of benzene rings is 3. The number of allylic oxidation sites excluding steroid dienone is 1. The van der Waals surface area contributed by atoms with E-state index in [-0.39, 0.29) is 5.75 Å². The van der Waals surface area contributed by atoms with Gasteiger partial charge in [-0.05, 0) is 84.8 Å². The van der Waals surface area contributed by atoms with Crippen molar-refractivity contribution in [3.8, 4) is 11.5 Å². The molecule has 0 spiro atoms. The molecule has 3 rings (SSSR count). The standard InChI is InChI=1S/C26H28BrNO2/c1-4-25(19-8-12-22(27)13-9-19)26(21-6-5-7-23(29)18-21)20-10-14-24(15-11-20)30-17-16-28(2)3/h5-15,18,29H,4,16-17H2,1-3H3/b26-25+. The Balaban J connectivity index is 2.05. The average molecular weight is 466 g/mol. The first kappa shape index (κ1) is 22.1. The summed E-state index contributed by atoms with van der Waals surface area (Å²) < 4.78 is 6.91. The highest BCUT2D eigenvalue weighted by molar-refractivity contribution is 9.10. The van der Waals surface area contributed by atoms with Gasteiger partial charge in [0.05, 0.1) is 0 Å². The van der Waals surface area contributed by atoms with Gasteiger partial charge in [0.2, 0.25) is 0 Å². The molecule has 0 aromatic heterocycles. The molecule has 0 bridgehead atoms. The van der Waals surface area contributed by atoms with Crippen LogP contribution < -0.4 is 4.74 Å². The van der Waals surface area contributed by atoms with Gasteiger partial charge in [-0.2, -0.15) is 0 Å². The van der Waals surface area contributed by atoms with Crippen LogP contribution in [0.2, 0.25) is 0 Å². The lowest BCUT2D eigenvalue weighted by molar-refractivity contribution is 0.261. The highest BCUT2D eigenvalue weighted by Gasteiger charge is 2.14. The summed E-state index contributed by atoms with van der Waals surface area (Å²) in [5.74, 6) is 1.12. The molecule has 30 heavy (non-hydrogen) atoms. The molecular formula is C26H28BrNO2. The summed E-state index contributed by atoms with van der Waals surface area (Å²) in [6.45, 7) is 3.69. The molecule has 0 aliphatic rings. The van der Waals surface area contributed by atoms with E-state index in [0.29, 0.717) is 6.61 Å². The molecule has 0 saturated carbocycles. The van der Waals surface area contributed by atoms with E-state index in [4.69, 9.17) is 4.74 Å². The second kappa shape index (κ2) is 10.5. The zero-order valence-corrected chi connectivity index (χ0v) is 19.3. The van der Waals surface area contributed by atoms with E-state index < -0.39 is 0 Å². The van der Waals surface area contributed by atoms with Crippen molar-refractivity contribution in [2.24, 2.45) is 0 Å². The molecule has 156 valence electrons. The number of halogens is 1. The largest absolute Gasteiger partial charge is 0.508 e. The number of hydrogen-bond donors (Lipinski definition) is 1. The van der Waals surface area contributed by atoms with Crippen LogP contribution >= 0.6 is 15.9 Å². The predicted octanol–water partition coefficient (Wildman–Crippen LogP) is 6.46. The fraction of sp³-hybridized carbons (Fsp3) is 0.231. The van der Waals surface area contributed by atoms with Crippen LogP contribution in [0.1, 0.15) is 30.0 Å². The Bertz CT molecular complexity index is 992. The van der Waals surface area contributed by atoms with Crippen molar-refractivity contribution in [3.63, 3.8) is 0 Å². The van der Waals surface area contributed by atoms with Gasteiger partial charge in [-0.15, -0.1) is 0 Å². The van der Waals surface area contributed by atoms with Crippen molar-refractivity contribution in [2.45, 2.75) is 13.3 Å². The normalized spacial score (nSPS) is 12.0. The third-order valence-electron chi connectivity index (χ3n) is 4.93. The number of rotatable bonds is 8. The van der Waals surface area contributed by atoms with Crippen molar-refractivity contribution < 1.29 is 9.84 Å². The van der Waals surface area contributed by atoms with Gasteiger partial charge in [0.1, 0.15) is 18.1 Å². The van der Waals surface area contributed by atoms with Crippen LogP contribution in [0.4, 0.5) is 0 Å². The van der Waals surface area contributed by atoms with Crippen molar-refractivity contribution >= 4 is 27.1 Å². The number of aromatic hydroxyl groups is 1. The minimum absolute atomic E-state index is 0.264. The molecule has 0 aliphatic carbocycles. The van der Waals surface area contributed by atoms with Crippen LogP contribution in [0.3, 0.4) is 0 Å². The Morgan fingerprint density at radius 3 is 2.17 bits per heavy atom. The number of phenolic OH excluding ortho intramolecular Hbond substituents is 1. The quantitative estimate of drug-likeness (QED) is 0.387. The van der Waals surface area contributed by atoms with E-state index in [2.05, 4.69) is 64.2 Å². The molecule has 3 aromatic carbocycles. The maximum absolute atomic E-state index is 10.1. The summed E-state index contributed by atoms with van der Waals surface area (Å²) in [6, 6.07) is 24.1. The van der Waals surface area contributed by atoms with Crippen molar-refractivity contribution in [1.29, 1.82) is 0 Å². The number of phenols is 1. The van der Waals surface area contributed by atoms with Gasteiger partial charge >= 0.3 is 0 Å². The molecule has 0 unspecified atom stereocenters. The molecule has 0 aliphatic heterocycles. The molecule has 0 amide bonds. The molecule has 0 saturated heterocycles. The Morgan fingerprint density at radius 1 is 0.900 bits per heavy atom. The van der Waals surface area contributed by atoms with Gasteiger partial charge in [-0.3, -0.25) is 0 Å². The van der Waals surface area contributed by atoms with Crippen molar-refractivity contribution in [2.75, 3.05) is 27.2 Å². The van der Waals surface area contributed by atoms with Crippen LogP contribution in [0.5, 0.6) is 11.5 Å². The van der Waals surface area contributed by atoms with Crippen LogP contribution in [0.15, 0.2) is 77.3 Å². The molecule has 0 heterocycles. The third-order valence-corrected chi connectivity index (χ3v) is 5.46. The first-order valence-corrected chi connectivity index (χ1v) is 10.9. The Kier molecular flexibility index (Phi) is 7.72.